The minimum absolute atomic E-state index is 0.190. The number of carbonyl (C=O) groups excluding carboxylic acids is 3. The van der Waals surface area contributed by atoms with Gasteiger partial charge in [0, 0.05) is 4.90 Å². The number of alkyl halides is 2. The van der Waals surface area contributed by atoms with Gasteiger partial charge in [0.05, 0.1) is 5.69 Å². The molecule has 2 aromatic carbocycles. The van der Waals surface area contributed by atoms with Crippen molar-refractivity contribution in [3.05, 3.63) is 60.2 Å². The Morgan fingerprint density at radius 2 is 1.79 bits per heavy atom. The molecule has 1 fully saturated rings. The van der Waals surface area contributed by atoms with E-state index in [0.29, 0.717) is 17.3 Å². The molecule has 1 heterocycles. The second-order valence-electron chi connectivity index (χ2n) is 6.24. The van der Waals surface area contributed by atoms with Crippen LogP contribution in [0.15, 0.2) is 59.5 Å². The molecule has 1 unspecified atom stereocenters. The Morgan fingerprint density at radius 1 is 1.14 bits per heavy atom. The van der Waals surface area contributed by atoms with E-state index in [0.717, 1.165) is 4.90 Å². The van der Waals surface area contributed by atoms with Crippen molar-refractivity contribution in [3.8, 4) is 0 Å². The zero-order valence-corrected chi connectivity index (χ0v) is 15.6. The van der Waals surface area contributed by atoms with Gasteiger partial charge in [-0.15, -0.1) is 0 Å². The molecule has 1 saturated heterocycles. The van der Waals surface area contributed by atoms with Gasteiger partial charge < -0.3 is 10.6 Å². The zero-order chi connectivity index (χ0) is 20.3. The number of nitrogens with one attached hydrogen (secondary N) is 2. The highest BCUT2D eigenvalue weighted by molar-refractivity contribution is 7.99. The summed E-state index contributed by atoms with van der Waals surface area (Å²) in [5, 5.41) is 5.09. The van der Waals surface area contributed by atoms with Crippen LogP contribution in [0.5, 0.6) is 0 Å². The van der Waals surface area contributed by atoms with E-state index in [1.54, 1.807) is 49.4 Å². The summed E-state index contributed by atoms with van der Waals surface area (Å²) < 4.78 is 25.3. The van der Waals surface area contributed by atoms with Crippen LogP contribution in [0.1, 0.15) is 12.5 Å². The summed E-state index contributed by atoms with van der Waals surface area (Å²) in [5.41, 5.74) is -0.493. The van der Waals surface area contributed by atoms with Crippen molar-refractivity contribution in [3.63, 3.8) is 0 Å². The Kier molecular flexibility index (Phi) is 5.64. The molecule has 1 aliphatic heterocycles. The summed E-state index contributed by atoms with van der Waals surface area (Å²) in [6.45, 7) is 1.04. The second kappa shape index (κ2) is 7.97. The average molecular weight is 405 g/mol. The predicted molar refractivity (Wildman–Crippen MR) is 101 cm³/mol. The van der Waals surface area contributed by atoms with Crippen LogP contribution in [0.3, 0.4) is 0 Å². The van der Waals surface area contributed by atoms with Crippen LogP contribution in [-0.2, 0) is 15.1 Å². The number of para-hydroxylation sites is 1. The lowest BCUT2D eigenvalue weighted by Crippen LogP contribution is -2.42. The number of rotatable bonds is 6. The SMILES string of the molecule is CC1(c2ccccc2)NC(=O)N(CC(=O)Nc2ccccc2SC(F)F)C1=O. The van der Waals surface area contributed by atoms with Gasteiger partial charge in [0.2, 0.25) is 5.91 Å². The van der Waals surface area contributed by atoms with Gasteiger partial charge >= 0.3 is 6.03 Å². The summed E-state index contributed by atoms with van der Waals surface area (Å²) in [7, 11) is 0. The fourth-order valence-electron chi connectivity index (χ4n) is 2.91. The van der Waals surface area contributed by atoms with E-state index >= 15 is 0 Å². The van der Waals surface area contributed by atoms with E-state index in [-0.39, 0.29) is 10.6 Å². The standard InChI is InChI=1S/C19H17F2N3O3S/c1-19(12-7-3-2-4-8-12)16(26)24(18(27)23-19)11-15(25)22-13-9-5-6-10-14(13)28-17(20)21/h2-10,17H,11H2,1H3,(H,22,25)(H,23,27). The number of carbonyl (C=O) groups is 3. The van der Waals surface area contributed by atoms with Crippen molar-refractivity contribution < 1.29 is 23.2 Å². The van der Waals surface area contributed by atoms with Gasteiger partial charge in [-0.25, -0.2) is 4.79 Å². The van der Waals surface area contributed by atoms with Gasteiger partial charge in [-0.1, -0.05) is 54.2 Å². The van der Waals surface area contributed by atoms with Gasteiger partial charge in [0.1, 0.15) is 12.1 Å². The van der Waals surface area contributed by atoms with Crippen molar-refractivity contribution in [2.24, 2.45) is 0 Å². The molecule has 1 aliphatic rings. The highest BCUT2D eigenvalue weighted by atomic mass is 32.2. The summed E-state index contributed by atoms with van der Waals surface area (Å²) >= 11 is 0.300. The molecule has 146 valence electrons. The number of anilines is 1. The van der Waals surface area contributed by atoms with E-state index in [1.165, 1.54) is 12.1 Å². The Balaban J connectivity index is 1.73. The Morgan fingerprint density at radius 3 is 2.46 bits per heavy atom. The molecule has 0 bridgehead atoms. The second-order valence-corrected chi connectivity index (χ2v) is 7.27. The molecule has 2 aromatic rings. The topological polar surface area (TPSA) is 78.5 Å². The summed E-state index contributed by atoms with van der Waals surface area (Å²) in [4.78, 5) is 38.4. The Bertz CT molecular complexity index is 910. The van der Waals surface area contributed by atoms with E-state index in [1.807, 2.05) is 0 Å². The van der Waals surface area contributed by atoms with Crippen molar-refractivity contribution >= 4 is 35.3 Å². The maximum absolute atomic E-state index is 12.8. The molecular formula is C19H17F2N3O3S. The van der Waals surface area contributed by atoms with Crippen LogP contribution in [-0.4, -0.2) is 35.0 Å². The molecule has 0 radical (unpaired) electrons. The molecule has 4 amide bonds. The molecule has 9 heteroatoms. The first kappa shape index (κ1) is 19.8. The third-order valence-corrected chi connectivity index (χ3v) is 5.09. The third kappa shape index (κ3) is 3.99. The normalized spacial score (nSPS) is 19.1. The van der Waals surface area contributed by atoms with Crippen LogP contribution >= 0.6 is 11.8 Å². The van der Waals surface area contributed by atoms with Crippen molar-refractivity contribution in [1.29, 1.82) is 0 Å². The Hall–Kier alpha value is -2.94. The van der Waals surface area contributed by atoms with E-state index in [2.05, 4.69) is 10.6 Å². The maximum atomic E-state index is 12.8. The molecule has 3 rings (SSSR count). The molecule has 2 N–H and O–H groups in total. The monoisotopic (exact) mass is 405 g/mol. The highest BCUT2D eigenvalue weighted by Crippen LogP contribution is 2.32. The van der Waals surface area contributed by atoms with Gasteiger partial charge in [0.15, 0.2) is 0 Å². The summed E-state index contributed by atoms with van der Waals surface area (Å²) in [5.74, 6) is -3.87. The molecule has 6 nitrogen and oxygen atoms in total. The average Bonchev–Trinajstić information content (AvgIpc) is 2.88. The fraction of sp³-hybridized carbons (Fsp3) is 0.211. The van der Waals surface area contributed by atoms with Gasteiger partial charge in [0.25, 0.3) is 11.7 Å². The number of halogens is 2. The predicted octanol–water partition coefficient (Wildman–Crippen LogP) is 3.41. The van der Waals surface area contributed by atoms with Crippen molar-refractivity contribution in [2.45, 2.75) is 23.1 Å². The quantitative estimate of drug-likeness (QED) is 0.570. The van der Waals surface area contributed by atoms with Crippen molar-refractivity contribution in [1.82, 2.24) is 10.2 Å². The molecule has 28 heavy (non-hydrogen) atoms. The molecule has 0 spiro atoms. The maximum Gasteiger partial charge on any atom is 0.325 e. The molecule has 0 aromatic heterocycles. The number of amides is 4. The van der Waals surface area contributed by atoms with Crippen LogP contribution in [0.4, 0.5) is 19.3 Å². The lowest BCUT2D eigenvalue weighted by Gasteiger charge is -2.22. The first-order valence-electron chi connectivity index (χ1n) is 8.34. The van der Waals surface area contributed by atoms with Crippen LogP contribution in [0, 0.1) is 0 Å². The van der Waals surface area contributed by atoms with Gasteiger partial charge in [-0.05, 0) is 24.6 Å². The number of hydrogen-bond acceptors (Lipinski definition) is 4. The lowest BCUT2D eigenvalue weighted by atomic mass is 9.92. The van der Waals surface area contributed by atoms with Crippen molar-refractivity contribution in [2.75, 3.05) is 11.9 Å². The Labute approximate surface area is 164 Å². The summed E-state index contributed by atoms with van der Waals surface area (Å²) in [6.07, 6.45) is 0. The molecule has 0 aliphatic carbocycles. The number of imide groups is 1. The highest BCUT2D eigenvalue weighted by Gasteiger charge is 2.49. The minimum atomic E-state index is -2.64. The first-order chi connectivity index (χ1) is 13.3. The summed E-state index contributed by atoms with van der Waals surface area (Å²) in [6, 6.07) is 14.1. The number of thioether (sulfide) groups is 1. The number of urea groups is 1. The fourth-order valence-corrected chi connectivity index (χ4v) is 3.50. The van der Waals surface area contributed by atoms with E-state index < -0.39 is 35.7 Å². The largest absolute Gasteiger partial charge is 0.325 e. The van der Waals surface area contributed by atoms with Crippen LogP contribution in [0.25, 0.3) is 0 Å². The number of nitrogens with zero attached hydrogens (tertiary/aromatic N) is 1. The van der Waals surface area contributed by atoms with E-state index in [4.69, 9.17) is 0 Å². The van der Waals surface area contributed by atoms with Crippen LogP contribution in [0.2, 0.25) is 0 Å². The first-order valence-corrected chi connectivity index (χ1v) is 9.22. The molecule has 1 atom stereocenters. The third-order valence-electron chi connectivity index (χ3n) is 4.31. The number of benzene rings is 2. The lowest BCUT2D eigenvalue weighted by molar-refractivity contribution is -0.133. The molecule has 0 saturated carbocycles. The van der Waals surface area contributed by atoms with Gasteiger partial charge in [-0.3, -0.25) is 14.5 Å². The van der Waals surface area contributed by atoms with Gasteiger partial charge in [-0.2, -0.15) is 8.78 Å². The van der Waals surface area contributed by atoms with Crippen LogP contribution < -0.4 is 10.6 Å². The molecular weight excluding hydrogens is 388 g/mol. The zero-order valence-electron chi connectivity index (χ0n) is 14.8. The smallest absolute Gasteiger partial charge is 0.324 e. The van der Waals surface area contributed by atoms with E-state index in [9.17, 15) is 23.2 Å². The number of hydrogen-bond donors (Lipinski definition) is 2. The minimum Gasteiger partial charge on any atom is -0.324 e.